The van der Waals surface area contributed by atoms with E-state index >= 15 is 0 Å². The summed E-state index contributed by atoms with van der Waals surface area (Å²) in [4.78, 5) is 15.5. The lowest BCUT2D eigenvalue weighted by Gasteiger charge is -2.26. The number of hydrogen-bond donors (Lipinski definition) is 1. The number of unbranched alkanes of at least 4 members (excludes halogenated alkanes) is 1. The highest BCUT2D eigenvalue weighted by atomic mass is 35.5. The quantitative estimate of drug-likeness (QED) is 0.189. The Hall–Kier alpha value is -3.64. The molecule has 4 aromatic rings. The van der Waals surface area contributed by atoms with E-state index in [9.17, 15) is 13.2 Å². The molecule has 1 aliphatic rings. The van der Waals surface area contributed by atoms with Crippen LogP contribution in [0.2, 0.25) is 10.0 Å². The lowest BCUT2D eigenvalue weighted by atomic mass is 10.0. The van der Waals surface area contributed by atoms with Crippen LogP contribution in [-0.2, 0) is 16.3 Å². The summed E-state index contributed by atoms with van der Waals surface area (Å²) in [5, 5.41) is 15.9. The predicted molar refractivity (Wildman–Crippen MR) is 171 cm³/mol. The molecule has 0 radical (unpaired) electrons. The Morgan fingerprint density at radius 3 is 2.44 bits per heavy atom. The van der Waals surface area contributed by atoms with Gasteiger partial charge in [0.2, 0.25) is 0 Å². The summed E-state index contributed by atoms with van der Waals surface area (Å²) in [6, 6.07) is 19.2. The smallest absolute Gasteiger partial charge is 0.283 e. The molecule has 1 saturated heterocycles. The third-order valence-electron chi connectivity index (χ3n) is 6.92. The SMILES string of the molecule is CCc1c(C(=O)NN2CCS(=O)(=O)CC2)nn(-c2ccc(Cl)cc2Cl)c1-c1ccc(-c2ccc(C#CCCC#N)s2)cc1. The zero-order chi connectivity index (χ0) is 30.6. The number of hydrogen-bond acceptors (Lipinski definition) is 7. The van der Waals surface area contributed by atoms with Crippen LogP contribution in [0.25, 0.3) is 27.4 Å². The summed E-state index contributed by atoms with van der Waals surface area (Å²) in [5.41, 5.74) is 6.96. The van der Waals surface area contributed by atoms with Crippen LogP contribution < -0.4 is 5.43 Å². The van der Waals surface area contributed by atoms with Crippen LogP contribution in [0.4, 0.5) is 0 Å². The van der Waals surface area contributed by atoms with Crippen LogP contribution >= 0.6 is 34.5 Å². The van der Waals surface area contributed by atoms with Gasteiger partial charge in [-0.2, -0.15) is 10.4 Å². The number of carbonyl (C=O) groups excluding carboxylic acids is 1. The molecule has 2 aromatic heterocycles. The largest absolute Gasteiger partial charge is 0.286 e. The number of carbonyl (C=O) groups is 1. The fourth-order valence-corrected chi connectivity index (χ4v) is 7.31. The predicted octanol–water partition coefficient (Wildman–Crippen LogP) is 6.17. The maximum absolute atomic E-state index is 13.5. The second kappa shape index (κ2) is 13.3. The standard InChI is InChI=1S/C31H27Cl2N5O3S2/c1-2-25-29(31(39)36-37-16-18-43(40,41)19-17-37)35-38(27-13-11-23(32)20-26(27)33)30(25)22-9-7-21(8-10-22)28-14-12-24(42-28)6-4-3-5-15-34/h7-14,20H,2-3,5,16-19H2,1H3,(H,36,39). The van der Waals surface area contributed by atoms with Gasteiger partial charge in [0.1, 0.15) is 0 Å². The van der Waals surface area contributed by atoms with E-state index in [2.05, 4.69) is 23.3 Å². The van der Waals surface area contributed by atoms with E-state index in [0.717, 1.165) is 32.1 Å². The van der Waals surface area contributed by atoms with E-state index in [0.29, 0.717) is 35.0 Å². The van der Waals surface area contributed by atoms with Crippen LogP contribution in [0.15, 0.2) is 54.6 Å². The lowest BCUT2D eigenvalue weighted by molar-refractivity contribution is 0.0795. The first-order valence-electron chi connectivity index (χ1n) is 13.6. The highest BCUT2D eigenvalue weighted by Crippen LogP contribution is 2.35. The summed E-state index contributed by atoms with van der Waals surface area (Å²) in [6.07, 6.45) is 1.47. The van der Waals surface area contributed by atoms with Crippen molar-refractivity contribution in [3.63, 3.8) is 0 Å². The third kappa shape index (κ3) is 7.13. The summed E-state index contributed by atoms with van der Waals surface area (Å²) in [7, 11) is -3.10. The number of hydrazine groups is 1. The zero-order valence-corrected chi connectivity index (χ0v) is 26.4. The van der Waals surface area contributed by atoms with Gasteiger partial charge < -0.3 is 0 Å². The van der Waals surface area contributed by atoms with Crippen molar-refractivity contribution in [3.8, 4) is 45.3 Å². The van der Waals surface area contributed by atoms with Crippen LogP contribution in [0.1, 0.15) is 40.7 Å². The van der Waals surface area contributed by atoms with Crippen molar-refractivity contribution in [1.82, 2.24) is 20.2 Å². The Balaban J connectivity index is 1.51. The Bertz CT molecular complexity index is 1870. The number of rotatable bonds is 7. The molecule has 8 nitrogen and oxygen atoms in total. The van der Waals surface area contributed by atoms with Gasteiger partial charge >= 0.3 is 0 Å². The summed E-state index contributed by atoms with van der Waals surface area (Å²) < 4.78 is 25.4. The molecule has 2 aromatic carbocycles. The van der Waals surface area contributed by atoms with E-state index in [1.165, 1.54) is 0 Å². The number of nitrogens with zero attached hydrogens (tertiary/aromatic N) is 4. The molecule has 0 saturated carbocycles. The van der Waals surface area contributed by atoms with Crippen molar-refractivity contribution in [2.24, 2.45) is 0 Å². The number of nitriles is 1. The topological polar surface area (TPSA) is 108 Å². The molecule has 5 rings (SSSR count). The fraction of sp³-hybridized carbons (Fsp3) is 0.258. The molecule has 220 valence electrons. The zero-order valence-electron chi connectivity index (χ0n) is 23.2. The Morgan fingerprint density at radius 2 is 1.77 bits per heavy atom. The number of nitrogens with one attached hydrogen (secondary N) is 1. The highest BCUT2D eigenvalue weighted by molar-refractivity contribution is 7.91. The van der Waals surface area contributed by atoms with Crippen LogP contribution in [0.3, 0.4) is 0 Å². The minimum Gasteiger partial charge on any atom is -0.283 e. The Kier molecular flexibility index (Phi) is 9.55. The second-order valence-corrected chi connectivity index (χ2v) is 14.0. The van der Waals surface area contributed by atoms with Gasteiger partial charge in [-0.3, -0.25) is 10.2 Å². The van der Waals surface area contributed by atoms with Crippen LogP contribution in [0.5, 0.6) is 0 Å². The molecule has 0 atom stereocenters. The summed E-state index contributed by atoms with van der Waals surface area (Å²) in [5.74, 6) is 5.70. The molecule has 0 aliphatic carbocycles. The van der Waals surface area contributed by atoms with E-state index in [4.69, 9.17) is 33.6 Å². The molecule has 1 fully saturated rings. The van der Waals surface area contributed by atoms with Gasteiger partial charge in [-0.25, -0.2) is 18.1 Å². The maximum Gasteiger partial charge on any atom is 0.286 e. The Morgan fingerprint density at radius 1 is 1.05 bits per heavy atom. The van der Waals surface area contributed by atoms with Crippen molar-refractivity contribution in [1.29, 1.82) is 5.26 Å². The number of halogens is 2. The molecular weight excluding hydrogens is 625 g/mol. The maximum atomic E-state index is 13.5. The van der Waals surface area contributed by atoms with Gasteiger partial charge in [-0.15, -0.1) is 11.3 Å². The van der Waals surface area contributed by atoms with Crippen molar-refractivity contribution >= 4 is 50.3 Å². The van der Waals surface area contributed by atoms with Gasteiger partial charge in [0.05, 0.1) is 38.9 Å². The molecule has 12 heteroatoms. The molecule has 3 heterocycles. The first-order chi connectivity index (χ1) is 20.7. The van der Waals surface area contributed by atoms with Gasteiger partial charge in [0.15, 0.2) is 15.5 Å². The van der Waals surface area contributed by atoms with Crippen molar-refractivity contribution in [2.75, 3.05) is 24.6 Å². The van der Waals surface area contributed by atoms with E-state index in [-0.39, 0.29) is 30.3 Å². The minimum atomic E-state index is -3.10. The number of amides is 1. The molecule has 0 unspecified atom stereocenters. The second-order valence-electron chi connectivity index (χ2n) is 9.82. The first-order valence-corrected chi connectivity index (χ1v) is 17.0. The molecule has 1 N–H and O–H groups in total. The molecule has 1 aliphatic heterocycles. The third-order valence-corrected chi connectivity index (χ3v) is 10.1. The van der Waals surface area contributed by atoms with E-state index in [1.54, 1.807) is 39.2 Å². The molecule has 0 spiro atoms. The van der Waals surface area contributed by atoms with Gasteiger partial charge in [-0.1, -0.05) is 66.2 Å². The monoisotopic (exact) mass is 651 g/mol. The lowest BCUT2D eigenvalue weighted by Crippen LogP contribution is -2.50. The van der Waals surface area contributed by atoms with Crippen molar-refractivity contribution in [3.05, 3.63) is 80.8 Å². The molecule has 43 heavy (non-hydrogen) atoms. The number of benzene rings is 2. The average Bonchev–Trinajstić information content (AvgIpc) is 3.62. The summed E-state index contributed by atoms with van der Waals surface area (Å²) in [6.45, 7) is 2.38. The van der Waals surface area contributed by atoms with Gasteiger partial charge in [0, 0.05) is 47.0 Å². The Labute approximate surface area is 264 Å². The van der Waals surface area contributed by atoms with Gasteiger partial charge in [-0.05, 0) is 42.3 Å². The first kappa shape index (κ1) is 30.8. The molecule has 1 amide bonds. The van der Waals surface area contributed by atoms with E-state index < -0.39 is 15.7 Å². The average molecular weight is 653 g/mol. The number of thiophene rings is 1. The highest BCUT2D eigenvalue weighted by Gasteiger charge is 2.28. The van der Waals surface area contributed by atoms with Gasteiger partial charge in [0.25, 0.3) is 5.91 Å². The normalized spacial score (nSPS) is 14.5. The van der Waals surface area contributed by atoms with Crippen molar-refractivity contribution < 1.29 is 13.2 Å². The number of aromatic nitrogens is 2. The summed E-state index contributed by atoms with van der Waals surface area (Å²) >= 11 is 14.4. The fourth-order valence-electron chi connectivity index (χ4n) is 4.73. The molecule has 0 bridgehead atoms. The minimum absolute atomic E-state index is 0.0140. The van der Waals surface area contributed by atoms with E-state index in [1.807, 2.05) is 43.3 Å². The molecular formula is C31H27Cl2N5O3S2. The van der Waals surface area contributed by atoms with Crippen molar-refractivity contribution in [2.45, 2.75) is 26.2 Å². The van der Waals surface area contributed by atoms with Crippen LogP contribution in [-0.4, -0.2) is 53.7 Å². The number of sulfone groups is 1. The van der Waals surface area contributed by atoms with Crippen LogP contribution in [0, 0.1) is 23.2 Å².